The van der Waals surface area contributed by atoms with Crippen LogP contribution in [0.3, 0.4) is 0 Å². The molecule has 0 saturated heterocycles. The zero-order valence-electron chi connectivity index (χ0n) is 37.0. The first-order valence-electron chi connectivity index (χ1n) is 22.4. The van der Waals surface area contributed by atoms with Gasteiger partial charge in [-0.25, -0.2) is 0 Å². The van der Waals surface area contributed by atoms with Crippen LogP contribution in [0.15, 0.2) is 182 Å². The van der Waals surface area contributed by atoms with Crippen LogP contribution in [-0.4, -0.2) is 9.13 Å². The second kappa shape index (κ2) is 14.0. The van der Waals surface area contributed by atoms with Crippen LogP contribution in [-0.2, 0) is 10.8 Å². The number of rotatable bonds is 5. The third-order valence-corrected chi connectivity index (χ3v) is 14.0. The average molecular weight is 847 g/mol. The molecule has 3 nitrogen and oxygen atoms in total. The van der Waals surface area contributed by atoms with Crippen molar-refractivity contribution in [2.75, 3.05) is 4.90 Å². The first-order chi connectivity index (χ1) is 31.0. The first kappa shape index (κ1) is 38.6. The number of hydrogen-bond donors (Lipinski definition) is 0. The predicted molar refractivity (Wildman–Crippen MR) is 274 cm³/mol. The van der Waals surface area contributed by atoms with Crippen molar-refractivity contribution in [3.63, 3.8) is 0 Å². The van der Waals surface area contributed by atoms with Gasteiger partial charge in [-0.1, -0.05) is 174 Å². The van der Waals surface area contributed by atoms with Crippen molar-refractivity contribution in [3.8, 4) is 33.6 Å². The molecule has 310 valence electrons. The highest BCUT2D eigenvalue weighted by atomic mass is 35.5. The molecule has 12 rings (SSSR count). The quantitative estimate of drug-likeness (QED) is 0.168. The Morgan fingerprint density at radius 2 is 0.891 bits per heavy atom. The summed E-state index contributed by atoms with van der Waals surface area (Å²) >= 11 is 8.09. The summed E-state index contributed by atoms with van der Waals surface area (Å²) < 4.78 is 4.86. The summed E-state index contributed by atoms with van der Waals surface area (Å²) in [6.45, 7) is 13.6. The van der Waals surface area contributed by atoms with E-state index < -0.39 is 0 Å². The van der Waals surface area contributed by atoms with Crippen molar-refractivity contribution in [2.45, 2.75) is 52.4 Å². The smallest absolute Gasteiger partial charge is 0.0888 e. The topological polar surface area (TPSA) is 13.1 Å². The van der Waals surface area contributed by atoms with Gasteiger partial charge in [0.15, 0.2) is 0 Å². The molecule has 64 heavy (non-hydrogen) atoms. The molecule has 0 unspecified atom stereocenters. The standard InChI is InChI=1S/C60H48ClN3/c1-59(2,3)38-26-30-40(31-27-38)62(41-32-28-39(29-33-41)60(4,5)6)53-35-42(36-54(58(53)61)64-49-22-11-9-18-45(49)46-19-10-12-23-50(46)64)63-51-24-14-21-48-44-17-8-7-16-43(44)47-20-13-15-37-25-34-52(63)57(55(37)47)56(48)51/h7-36H,1-6H3. The Bertz CT molecular complexity index is 3570. The molecule has 1 aliphatic rings. The molecular formula is C60H48ClN3. The van der Waals surface area contributed by atoms with Crippen molar-refractivity contribution >= 4 is 83.0 Å². The SMILES string of the molecule is CC(C)(C)c1ccc(N(c2ccc(C(C)(C)C)cc2)c2cc(-n3c4cccc5c4c4c6c(cccc6ccc43)-c3ccccc3-5)cc(-n3c4ccccc4c4ccccc43)c2Cl)cc1. The molecular weight excluding hydrogens is 798 g/mol. The van der Waals surface area contributed by atoms with Gasteiger partial charge < -0.3 is 14.0 Å². The second-order valence-electron chi connectivity index (χ2n) is 19.5. The van der Waals surface area contributed by atoms with E-state index in [9.17, 15) is 0 Å². The van der Waals surface area contributed by atoms with Gasteiger partial charge in [-0.2, -0.15) is 0 Å². The van der Waals surface area contributed by atoms with E-state index in [-0.39, 0.29) is 10.8 Å². The fourth-order valence-electron chi connectivity index (χ4n) is 10.5. The summed E-state index contributed by atoms with van der Waals surface area (Å²) in [4.78, 5) is 2.36. The Balaban J connectivity index is 1.22. The van der Waals surface area contributed by atoms with Crippen LogP contribution < -0.4 is 4.90 Å². The molecule has 0 aliphatic heterocycles. The maximum atomic E-state index is 8.09. The Morgan fingerprint density at radius 1 is 0.406 bits per heavy atom. The van der Waals surface area contributed by atoms with Crippen LogP contribution in [0.5, 0.6) is 0 Å². The zero-order chi connectivity index (χ0) is 43.6. The van der Waals surface area contributed by atoms with Crippen LogP contribution in [0.2, 0.25) is 5.02 Å². The van der Waals surface area contributed by atoms with Crippen LogP contribution >= 0.6 is 11.6 Å². The summed E-state index contributed by atoms with van der Waals surface area (Å²) in [6.07, 6.45) is 0. The third kappa shape index (κ3) is 5.73. The highest BCUT2D eigenvalue weighted by Gasteiger charge is 2.28. The minimum atomic E-state index is 0.00149. The lowest BCUT2D eigenvalue weighted by atomic mass is 9.86. The number of benzene rings is 9. The zero-order valence-corrected chi connectivity index (χ0v) is 37.8. The van der Waals surface area contributed by atoms with Gasteiger partial charge in [-0.15, -0.1) is 0 Å². The van der Waals surface area contributed by atoms with E-state index in [0.29, 0.717) is 5.02 Å². The summed E-state index contributed by atoms with van der Waals surface area (Å²) in [5, 5.41) is 8.11. The number of nitrogens with zero attached hydrogens (tertiary/aromatic N) is 3. The normalized spacial score (nSPS) is 12.6. The first-order valence-corrected chi connectivity index (χ1v) is 22.8. The van der Waals surface area contributed by atoms with Gasteiger partial charge in [0.2, 0.25) is 0 Å². The van der Waals surface area contributed by atoms with Gasteiger partial charge >= 0.3 is 0 Å². The van der Waals surface area contributed by atoms with Gasteiger partial charge in [0.05, 0.1) is 44.2 Å². The molecule has 0 fully saturated rings. The highest BCUT2D eigenvalue weighted by molar-refractivity contribution is 6.36. The second-order valence-corrected chi connectivity index (χ2v) is 19.9. The molecule has 0 amide bonds. The lowest BCUT2D eigenvalue weighted by Crippen LogP contribution is -2.15. The number of fused-ring (bicyclic) bond motifs is 6. The van der Waals surface area contributed by atoms with Crippen molar-refractivity contribution in [2.24, 2.45) is 0 Å². The molecule has 11 aromatic rings. The number of hydrogen-bond acceptors (Lipinski definition) is 1. The van der Waals surface area contributed by atoms with Crippen LogP contribution in [0.1, 0.15) is 52.7 Å². The predicted octanol–water partition coefficient (Wildman–Crippen LogP) is 17.4. The van der Waals surface area contributed by atoms with Crippen LogP contribution in [0, 0.1) is 0 Å². The van der Waals surface area contributed by atoms with E-state index in [1.807, 2.05) is 0 Å². The van der Waals surface area contributed by atoms with Gasteiger partial charge in [0.25, 0.3) is 0 Å². The van der Waals surface area contributed by atoms with Crippen LogP contribution in [0.4, 0.5) is 17.1 Å². The summed E-state index contributed by atoms with van der Waals surface area (Å²) in [5.41, 5.74) is 17.0. The molecule has 1 aliphatic carbocycles. The molecule has 0 atom stereocenters. The molecule has 0 N–H and O–H groups in total. The van der Waals surface area contributed by atoms with Gasteiger partial charge in [-0.05, 0) is 116 Å². The summed E-state index contributed by atoms with van der Waals surface area (Å²) in [7, 11) is 0. The Labute approximate surface area is 379 Å². The van der Waals surface area contributed by atoms with E-state index in [2.05, 4.69) is 238 Å². The Morgan fingerprint density at radius 3 is 1.47 bits per heavy atom. The minimum Gasteiger partial charge on any atom is -0.309 e. The fourth-order valence-corrected chi connectivity index (χ4v) is 10.7. The fraction of sp³-hybridized carbons (Fsp3) is 0.133. The number of aromatic nitrogens is 2. The average Bonchev–Trinajstić information content (AvgIpc) is 3.78. The minimum absolute atomic E-state index is 0.00149. The summed E-state index contributed by atoms with van der Waals surface area (Å²) in [6, 6.07) is 67.2. The van der Waals surface area contributed by atoms with E-state index in [1.54, 1.807) is 0 Å². The number of para-hydroxylation sites is 2. The number of anilines is 3. The van der Waals surface area contributed by atoms with Crippen LogP contribution in [0.25, 0.3) is 88.0 Å². The molecule has 9 aromatic carbocycles. The number of halogens is 1. The third-order valence-electron chi connectivity index (χ3n) is 13.6. The van der Waals surface area contributed by atoms with E-state index >= 15 is 0 Å². The lowest BCUT2D eigenvalue weighted by molar-refractivity contribution is 0.590. The van der Waals surface area contributed by atoms with Crippen molar-refractivity contribution in [1.82, 2.24) is 9.13 Å². The van der Waals surface area contributed by atoms with Crippen molar-refractivity contribution in [1.29, 1.82) is 0 Å². The van der Waals surface area contributed by atoms with E-state index in [4.69, 9.17) is 11.6 Å². The Kier molecular flexibility index (Phi) is 8.42. The van der Waals surface area contributed by atoms with Gasteiger partial charge in [0, 0.05) is 32.9 Å². The molecule has 2 heterocycles. The van der Waals surface area contributed by atoms with Gasteiger partial charge in [0.1, 0.15) is 0 Å². The largest absolute Gasteiger partial charge is 0.309 e. The molecule has 0 bridgehead atoms. The molecule has 0 saturated carbocycles. The molecule has 2 aromatic heterocycles. The maximum Gasteiger partial charge on any atom is 0.0888 e. The van der Waals surface area contributed by atoms with Crippen molar-refractivity contribution in [3.05, 3.63) is 198 Å². The Hall–Kier alpha value is -7.07. The highest BCUT2D eigenvalue weighted by Crippen LogP contribution is 2.51. The van der Waals surface area contributed by atoms with Crippen molar-refractivity contribution < 1.29 is 0 Å². The molecule has 0 spiro atoms. The lowest BCUT2D eigenvalue weighted by Gasteiger charge is -2.30. The summed E-state index contributed by atoms with van der Waals surface area (Å²) in [5.74, 6) is 0. The monoisotopic (exact) mass is 845 g/mol. The van der Waals surface area contributed by atoms with E-state index in [1.165, 1.54) is 65.7 Å². The van der Waals surface area contributed by atoms with E-state index in [0.717, 1.165) is 50.5 Å². The molecule has 0 radical (unpaired) electrons. The maximum absolute atomic E-state index is 8.09. The van der Waals surface area contributed by atoms with Gasteiger partial charge in [-0.3, -0.25) is 0 Å². The molecule has 4 heteroatoms.